The average molecular weight is 186 g/mol. The van der Waals surface area contributed by atoms with Crippen LogP contribution in [0.25, 0.3) is 0 Å². The van der Waals surface area contributed by atoms with E-state index < -0.39 is 5.97 Å². The van der Waals surface area contributed by atoms with Gasteiger partial charge >= 0.3 is 5.97 Å². The molecule has 75 valence electrons. The molecular weight excluding hydrogens is 170 g/mol. The smallest absolute Gasteiger partial charge is 0.303 e. The Bertz CT molecular complexity index is 168. The van der Waals surface area contributed by atoms with Crippen LogP contribution in [0.3, 0.4) is 0 Å². The predicted octanol–water partition coefficient (Wildman–Crippen LogP) is 0.972. The summed E-state index contributed by atoms with van der Waals surface area (Å²) in [6.45, 7) is 4.07. The normalized spacial score (nSPS) is 9.62. The third-order valence-electron chi connectivity index (χ3n) is 1.54. The van der Waals surface area contributed by atoms with E-state index in [0.29, 0.717) is 19.4 Å². The first-order valence-corrected chi connectivity index (χ1v) is 4.44. The number of unbranched alkanes of at least 4 members (excludes halogenated alkanes) is 1. The molecule has 0 heterocycles. The Morgan fingerprint density at radius 1 is 1.23 bits per heavy atom. The lowest BCUT2D eigenvalue weighted by Crippen LogP contribution is -2.24. The third-order valence-corrected chi connectivity index (χ3v) is 1.54. The summed E-state index contributed by atoms with van der Waals surface area (Å²) in [4.78, 5) is 21.1. The van der Waals surface area contributed by atoms with Crippen molar-refractivity contribution >= 4 is 11.9 Å². The zero-order chi connectivity index (χ0) is 10.1. The lowest BCUT2D eigenvalue weighted by atomic mass is 10.2. The molecule has 0 saturated carbocycles. The molecule has 1 amide bonds. The quantitative estimate of drug-likeness (QED) is 0.582. The minimum absolute atomic E-state index is 0.0194. The number of hydrogen-bond acceptors (Lipinski definition) is 2. The summed E-state index contributed by atoms with van der Waals surface area (Å²) < 4.78 is 0. The van der Waals surface area contributed by atoms with Crippen molar-refractivity contribution < 1.29 is 14.7 Å². The Morgan fingerprint density at radius 2 is 1.92 bits per heavy atom. The monoisotopic (exact) mass is 186 g/mol. The van der Waals surface area contributed by atoms with Crippen LogP contribution in [0.1, 0.15) is 32.1 Å². The molecule has 0 bridgehead atoms. The van der Waals surface area contributed by atoms with Crippen molar-refractivity contribution in [3.05, 3.63) is 6.92 Å². The van der Waals surface area contributed by atoms with E-state index in [1.54, 1.807) is 0 Å². The second kappa shape index (κ2) is 7.58. The molecule has 4 heteroatoms. The summed E-state index contributed by atoms with van der Waals surface area (Å²) in [5.74, 6) is -0.846. The molecule has 1 radical (unpaired) electrons. The van der Waals surface area contributed by atoms with Crippen LogP contribution < -0.4 is 5.32 Å². The van der Waals surface area contributed by atoms with Crippen LogP contribution in [0.4, 0.5) is 0 Å². The second-order valence-corrected chi connectivity index (χ2v) is 2.80. The van der Waals surface area contributed by atoms with Crippen molar-refractivity contribution in [2.45, 2.75) is 32.1 Å². The number of carboxylic acids is 1. The van der Waals surface area contributed by atoms with E-state index in [2.05, 4.69) is 12.2 Å². The highest BCUT2D eigenvalue weighted by Gasteiger charge is 2.00. The first-order chi connectivity index (χ1) is 6.16. The molecule has 0 rings (SSSR count). The molecule has 0 saturated heterocycles. The maximum atomic E-state index is 11.0. The highest BCUT2D eigenvalue weighted by Crippen LogP contribution is 1.93. The van der Waals surface area contributed by atoms with Gasteiger partial charge in [-0.1, -0.05) is 13.3 Å². The van der Waals surface area contributed by atoms with Gasteiger partial charge in [-0.25, -0.2) is 0 Å². The van der Waals surface area contributed by atoms with Crippen LogP contribution >= 0.6 is 0 Å². The fraction of sp³-hybridized carbons (Fsp3) is 0.667. The number of rotatable bonds is 7. The SMILES string of the molecule is [CH2]CCCC(=O)NCCCC(=O)O. The molecule has 0 aliphatic rings. The summed E-state index contributed by atoms with van der Waals surface area (Å²) in [6, 6.07) is 0. The van der Waals surface area contributed by atoms with E-state index in [-0.39, 0.29) is 12.3 Å². The molecule has 0 fully saturated rings. The lowest BCUT2D eigenvalue weighted by Gasteiger charge is -2.02. The van der Waals surface area contributed by atoms with E-state index in [4.69, 9.17) is 5.11 Å². The van der Waals surface area contributed by atoms with Gasteiger partial charge in [0, 0.05) is 19.4 Å². The average Bonchev–Trinajstić information content (AvgIpc) is 2.08. The van der Waals surface area contributed by atoms with E-state index in [1.807, 2.05) is 0 Å². The van der Waals surface area contributed by atoms with Crippen LogP contribution in [0.2, 0.25) is 0 Å². The van der Waals surface area contributed by atoms with Crippen LogP contribution in [-0.2, 0) is 9.59 Å². The maximum absolute atomic E-state index is 11.0. The van der Waals surface area contributed by atoms with E-state index in [1.165, 1.54) is 0 Å². The highest BCUT2D eigenvalue weighted by atomic mass is 16.4. The number of aliphatic carboxylic acids is 1. The summed E-state index contributed by atoms with van der Waals surface area (Å²) in [5, 5.41) is 10.9. The van der Waals surface area contributed by atoms with Gasteiger partial charge in [-0.05, 0) is 12.8 Å². The Hall–Kier alpha value is -1.06. The number of carbonyl (C=O) groups excluding carboxylic acids is 1. The number of carbonyl (C=O) groups is 2. The molecule has 0 aromatic rings. The van der Waals surface area contributed by atoms with E-state index >= 15 is 0 Å². The van der Waals surface area contributed by atoms with E-state index in [9.17, 15) is 9.59 Å². The molecule has 0 atom stereocenters. The van der Waals surface area contributed by atoms with Gasteiger partial charge in [0.15, 0.2) is 0 Å². The van der Waals surface area contributed by atoms with Gasteiger partial charge in [-0.3, -0.25) is 9.59 Å². The molecule has 0 aliphatic carbocycles. The molecule has 4 nitrogen and oxygen atoms in total. The van der Waals surface area contributed by atoms with Gasteiger partial charge in [0.1, 0.15) is 0 Å². The summed E-state index contributed by atoms with van der Waals surface area (Å²) >= 11 is 0. The molecule has 2 N–H and O–H groups in total. The number of nitrogens with one attached hydrogen (secondary N) is 1. The van der Waals surface area contributed by atoms with Crippen LogP contribution in [0.5, 0.6) is 0 Å². The first kappa shape index (κ1) is 11.9. The first-order valence-electron chi connectivity index (χ1n) is 4.44. The van der Waals surface area contributed by atoms with Gasteiger partial charge in [0.25, 0.3) is 0 Å². The minimum Gasteiger partial charge on any atom is -0.481 e. The van der Waals surface area contributed by atoms with Gasteiger partial charge < -0.3 is 10.4 Å². The summed E-state index contributed by atoms with van der Waals surface area (Å²) in [6.07, 6.45) is 2.62. The van der Waals surface area contributed by atoms with Gasteiger partial charge in [0.2, 0.25) is 5.91 Å². The second-order valence-electron chi connectivity index (χ2n) is 2.80. The Labute approximate surface area is 78.3 Å². The molecule has 13 heavy (non-hydrogen) atoms. The van der Waals surface area contributed by atoms with E-state index in [0.717, 1.165) is 12.8 Å². The lowest BCUT2D eigenvalue weighted by molar-refractivity contribution is -0.137. The highest BCUT2D eigenvalue weighted by molar-refractivity contribution is 5.75. The van der Waals surface area contributed by atoms with Gasteiger partial charge in [-0.2, -0.15) is 0 Å². The van der Waals surface area contributed by atoms with Crippen molar-refractivity contribution in [1.29, 1.82) is 0 Å². The zero-order valence-electron chi connectivity index (χ0n) is 7.71. The van der Waals surface area contributed by atoms with Crippen LogP contribution in [0, 0.1) is 6.92 Å². The topological polar surface area (TPSA) is 66.4 Å². The van der Waals surface area contributed by atoms with Crippen molar-refractivity contribution in [3.8, 4) is 0 Å². The summed E-state index contributed by atoms with van der Waals surface area (Å²) in [7, 11) is 0. The number of hydrogen-bond donors (Lipinski definition) is 2. The summed E-state index contributed by atoms with van der Waals surface area (Å²) in [5.41, 5.74) is 0. The standard InChI is InChI=1S/C9H16NO3/c1-2-3-5-8(11)10-7-4-6-9(12)13/h1-7H2,(H,10,11)(H,12,13). The molecule has 0 spiro atoms. The fourth-order valence-corrected chi connectivity index (χ4v) is 0.841. The molecule has 0 aromatic carbocycles. The molecule has 0 aromatic heterocycles. The molecule has 0 aliphatic heterocycles. The van der Waals surface area contributed by atoms with Crippen molar-refractivity contribution in [1.82, 2.24) is 5.32 Å². The van der Waals surface area contributed by atoms with Gasteiger partial charge in [0.05, 0.1) is 0 Å². The zero-order valence-corrected chi connectivity index (χ0v) is 7.71. The minimum atomic E-state index is -0.827. The number of carboxylic acid groups (broad SMARTS) is 1. The molecule has 0 unspecified atom stereocenters. The Balaban J connectivity index is 3.22. The van der Waals surface area contributed by atoms with Crippen LogP contribution in [-0.4, -0.2) is 23.5 Å². The Morgan fingerprint density at radius 3 is 2.46 bits per heavy atom. The fourth-order valence-electron chi connectivity index (χ4n) is 0.841. The van der Waals surface area contributed by atoms with Crippen molar-refractivity contribution in [2.24, 2.45) is 0 Å². The van der Waals surface area contributed by atoms with Crippen molar-refractivity contribution in [3.63, 3.8) is 0 Å². The largest absolute Gasteiger partial charge is 0.481 e. The Kier molecular flexibility index (Phi) is 6.96. The van der Waals surface area contributed by atoms with Crippen LogP contribution in [0.15, 0.2) is 0 Å². The van der Waals surface area contributed by atoms with Gasteiger partial charge in [-0.15, -0.1) is 0 Å². The van der Waals surface area contributed by atoms with Crippen molar-refractivity contribution in [2.75, 3.05) is 6.54 Å². The molecular formula is C9H16NO3. The maximum Gasteiger partial charge on any atom is 0.303 e. The third kappa shape index (κ3) is 8.85. The number of amides is 1. The predicted molar refractivity (Wildman–Crippen MR) is 49.1 cm³/mol.